The highest BCUT2D eigenvalue weighted by Crippen LogP contribution is 2.12. The van der Waals surface area contributed by atoms with Gasteiger partial charge in [0.25, 0.3) is 0 Å². The van der Waals surface area contributed by atoms with Gasteiger partial charge in [0.15, 0.2) is 0 Å². The lowest BCUT2D eigenvalue weighted by Gasteiger charge is -2.06. The van der Waals surface area contributed by atoms with Crippen molar-refractivity contribution in [1.29, 1.82) is 0 Å². The SMILES string of the molecule is CC.CCC.CCCCCC(=O)Nc1cccc(CC)c1. The summed E-state index contributed by atoms with van der Waals surface area (Å²) in [7, 11) is 0. The number of benzene rings is 1. The molecule has 0 fully saturated rings. The van der Waals surface area contributed by atoms with Crippen molar-refractivity contribution in [3.8, 4) is 0 Å². The third-order valence-electron chi connectivity index (χ3n) is 2.63. The van der Waals surface area contributed by atoms with E-state index in [4.69, 9.17) is 0 Å². The fourth-order valence-corrected chi connectivity index (χ4v) is 1.63. The summed E-state index contributed by atoms with van der Waals surface area (Å²) in [6.07, 6.45) is 6.14. The van der Waals surface area contributed by atoms with Crippen LogP contribution in [0, 0.1) is 0 Å². The first-order valence-corrected chi connectivity index (χ1v) is 8.56. The van der Waals surface area contributed by atoms with Crippen LogP contribution in [0.15, 0.2) is 24.3 Å². The maximum absolute atomic E-state index is 11.6. The quantitative estimate of drug-likeness (QED) is 0.621. The maximum Gasteiger partial charge on any atom is 0.224 e. The van der Waals surface area contributed by atoms with Gasteiger partial charge in [0.2, 0.25) is 5.91 Å². The van der Waals surface area contributed by atoms with Crippen molar-refractivity contribution in [3.63, 3.8) is 0 Å². The third kappa shape index (κ3) is 13.4. The standard InChI is InChI=1S/C14H21NO.C3H8.C2H6/c1-3-5-6-10-14(16)15-13-9-7-8-12(4-2)11-13;1-3-2;1-2/h7-9,11H,3-6,10H2,1-2H3,(H,15,16);3H2,1-2H3;1-2H3. The van der Waals surface area contributed by atoms with Crippen molar-refractivity contribution in [2.24, 2.45) is 0 Å². The fraction of sp³-hybridized carbons (Fsp3) is 0.632. The molecule has 0 aromatic heterocycles. The second-order valence-corrected chi connectivity index (χ2v) is 4.77. The molecule has 2 heteroatoms. The summed E-state index contributed by atoms with van der Waals surface area (Å²) in [5.74, 6) is 0.127. The minimum Gasteiger partial charge on any atom is -0.326 e. The van der Waals surface area contributed by atoms with Gasteiger partial charge < -0.3 is 5.32 Å². The van der Waals surface area contributed by atoms with Gasteiger partial charge in [0.1, 0.15) is 0 Å². The van der Waals surface area contributed by atoms with Gasteiger partial charge in [0, 0.05) is 12.1 Å². The lowest BCUT2D eigenvalue weighted by molar-refractivity contribution is -0.116. The summed E-state index contributed by atoms with van der Waals surface area (Å²) in [6, 6.07) is 8.04. The largest absolute Gasteiger partial charge is 0.326 e. The molecule has 0 aliphatic carbocycles. The van der Waals surface area contributed by atoms with E-state index >= 15 is 0 Å². The highest BCUT2D eigenvalue weighted by molar-refractivity contribution is 5.90. The molecule has 0 spiro atoms. The molecule has 2 nitrogen and oxygen atoms in total. The van der Waals surface area contributed by atoms with E-state index in [0.29, 0.717) is 6.42 Å². The van der Waals surface area contributed by atoms with Gasteiger partial charge in [-0.15, -0.1) is 0 Å². The highest BCUT2D eigenvalue weighted by Gasteiger charge is 2.01. The zero-order chi connectivity index (χ0) is 16.5. The minimum atomic E-state index is 0.127. The molecule has 0 heterocycles. The number of aryl methyl sites for hydroxylation is 1. The molecular weight excluding hydrogens is 258 g/mol. The van der Waals surface area contributed by atoms with Crippen LogP contribution in [-0.4, -0.2) is 5.91 Å². The van der Waals surface area contributed by atoms with Crippen LogP contribution in [0.2, 0.25) is 0 Å². The second kappa shape index (κ2) is 16.7. The Labute approximate surface area is 132 Å². The van der Waals surface area contributed by atoms with Crippen LogP contribution in [0.25, 0.3) is 0 Å². The van der Waals surface area contributed by atoms with E-state index in [9.17, 15) is 4.79 Å². The Kier molecular flexibility index (Phi) is 17.5. The van der Waals surface area contributed by atoms with Gasteiger partial charge >= 0.3 is 0 Å². The minimum absolute atomic E-state index is 0.127. The first kappa shape index (κ1) is 22.0. The smallest absolute Gasteiger partial charge is 0.224 e. The lowest BCUT2D eigenvalue weighted by atomic mass is 10.1. The van der Waals surface area contributed by atoms with Gasteiger partial charge in [-0.1, -0.05) is 72.9 Å². The van der Waals surface area contributed by atoms with Gasteiger partial charge in [-0.2, -0.15) is 0 Å². The number of unbranched alkanes of at least 4 members (excludes halogenated alkanes) is 2. The van der Waals surface area contributed by atoms with E-state index in [2.05, 4.69) is 39.1 Å². The van der Waals surface area contributed by atoms with E-state index in [1.54, 1.807) is 0 Å². The van der Waals surface area contributed by atoms with Crippen LogP contribution < -0.4 is 5.32 Å². The number of carbonyl (C=O) groups is 1. The average molecular weight is 293 g/mol. The first-order chi connectivity index (χ1) is 10.2. The van der Waals surface area contributed by atoms with E-state index < -0.39 is 0 Å². The van der Waals surface area contributed by atoms with Crippen molar-refractivity contribution in [1.82, 2.24) is 0 Å². The molecule has 0 aliphatic rings. The Bertz CT molecular complexity index is 347. The van der Waals surface area contributed by atoms with Crippen molar-refractivity contribution in [2.45, 2.75) is 80.1 Å². The molecule has 122 valence electrons. The van der Waals surface area contributed by atoms with Crippen LogP contribution in [0.5, 0.6) is 0 Å². The molecule has 1 aromatic carbocycles. The normalized spacial score (nSPS) is 8.86. The Morgan fingerprint density at radius 3 is 2.19 bits per heavy atom. The molecule has 0 bridgehead atoms. The molecule has 1 N–H and O–H groups in total. The van der Waals surface area contributed by atoms with E-state index in [0.717, 1.165) is 31.4 Å². The number of amides is 1. The maximum atomic E-state index is 11.6. The second-order valence-electron chi connectivity index (χ2n) is 4.77. The Morgan fingerprint density at radius 2 is 1.67 bits per heavy atom. The number of nitrogens with one attached hydrogen (secondary N) is 1. The van der Waals surface area contributed by atoms with Crippen molar-refractivity contribution >= 4 is 11.6 Å². The molecule has 0 radical (unpaired) electrons. The summed E-state index contributed by atoms with van der Waals surface area (Å²) in [5, 5.41) is 2.94. The zero-order valence-electron chi connectivity index (χ0n) is 15.0. The van der Waals surface area contributed by atoms with Crippen LogP contribution >= 0.6 is 0 Å². The monoisotopic (exact) mass is 293 g/mol. The Morgan fingerprint density at radius 1 is 1.05 bits per heavy atom. The van der Waals surface area contributed by atoms with E-state index in [1.807, 2.05) is 32.0 Å². The summed E-state index contributed by atoms with van der Waals surface area (Å²) in [4.78, 5) is 11.6. The van der Waals surface area contributed by atoms with E-state index in [1.165, 1.54) is 12.0 Å². The van der Waals surface area contributed by atoms with Crippen molar-refractivity contribution < 1.29 is 4.79 Å². The van der Waals surface area contributed by atoms with Gasteiger partial charge in [-0.25, -0.2) is 0 Å². The molecule has 1 amide bonds. The summed E-state index contributed by atoms with van der Waals surface area (Å²) < 4.78 is 0. The van der Waals surface area contributed by atoms with Crippen LogP contribution in [0.4, 0.5) is 5.69 Å². The topological polar surface area (TPSA) is 29.1 Å². The number of rotatable bonds is 6. The molecule has 21 heavy (non-hydrogen) atoms. The summed E-state index contributed by atoms with van der Waals surface area (Å²) >= 11 is 0. The highest BCUT2D eigenvalue weighted by atomic mass is 16.1. The van der Waals surface area contributed by atoms with Crippen LogP contribution in [-0.2, 0) is 11.2 Å². The fourth-order valence-electron chi connectivity index (χ4n) is 1.63. The van der Waals surface area contributed by atoms with Gasteiger partial charge in [-0.05, 0) is 30.5 Å². The molecule has 0 unspecified atom stereocenters. The molecule has 0 saturated heterocycles. The molecule has 1 rings (SSSR count). The average Bonchev–Trinajstić information content (AvgIpc) is 2.50. The number of hydrogen-bond donors (Lipinski definition) is 1. The predicted octanol–water partition coefficient (Wildman–Crippen LogP) is 6.21. The predicted molar refractivity (Wildman–Crippen MR) is 95.9 cm³/mol. The van der Waals surface area contributed by atoms with Crippen molar-refractivity contribution in [3.05, 3.63) is 29.8 Å². The summed E-state index contributed by atoms with van der Waals surface area (Å²) in [6.45, 7) is 12.5. The lowest BCUT2D eigenvalue weighted by Crippen LogP contribution is -2.11. The molecule has 0 saturated carbocycles. The molecule has 1 aromatic rings. The first-order valence-electron chi connectivity index (χ1n) is 8.56. The third-order valence-corrected chi connectivity index (χ3v) is 2.63. The number of anilines is 1. The molecule has 0 aliphatic heterocycles. The number of carbonyl (C=O) groups excluding carboxylic acids is 1. The van der Waals surface area contributed by atoms with Crippen LogP contribution in [0.3, 0.4) is 0 Å². The molecular formula is C19H35NO. The zero-order valence-corrected chi connectivity index (χ0v) is 15.0. The molecule has 0 atom stereocenters. The van der Waals surface area contributed by atoms with Crippen molar-refractivity contribution in [2.75, 3.05) is 5.32 Å². The van der Waals surface area contributed by atoms with Gasteiger partial charge in [-0.3, -0.25) is 4.79 Å². The summed E-state index contributed by atoms with van der Waals surface area (Å²) in [5.41, 5.74) is 2.17. The number of hydrogen-bond acceptors (Lipinski definition) is 1. The Hall–Kier alpha value is -1.31. The van der Waals surface area contributed by atoms with E-state index in [-0.39, 0.29) is 5.91 Å². The van der Waals surface area contributed by atoms with Crippen LogP contribution in [0.1, 0.15) is 79.2 Å². The Balaban J connectivity index is 0. The van der Waals surface area contributed by atoms with Gasteiger partial charge in [0.05, 0.1) is 0 Å².